The van der Waals surface area contributed by atoms with Gasteiger partial charge in [-0.3, -0.25) is 0 Å². The van der Waals surface area contributed by atoms with Crippen LogP contribution in [0.25, 0.3) is 11.4 Å². The molecule has 5 nitrogen and oxygen atoms in total. The molecule has 1 aromatic carbocycles. The molecule has 1 unspecified atom stereocenters. The summed E-state index contributed by atoms with van der Waals surface area (Å²) in [7, 11) is 0. The number of benzene rings is 1. The monoisotopic (exact) mass is 283 g/mol. The maximum atomic E-state index is 9.67. The first-order valence-electron chi connectivity index (χ1n) is 7.32. The Bertz CT molecular complexity index is 674. The van der Waals surface area contributed by atoms with E-state index in [0.717, 1.165) is 43.1 Å². The van der Waals surface area contributed by atoms with E-state index in [4.69, 9.17) is 4.74 Å². The zero-order valence-corrected chi connectivity index (χ0v) is 11.7. The van der Waals surface area contributed by atoms with Gasteiger partial charge in [0.05, 0.1) is 18.3 Å². The number of anilines is 1. The van der Waals surface area contributed by atoms with Gasteiger partial charge in [-0.15, -0.1) is 0 Å². The van der Waals surface area contributed by atoms with E-state index in [1.165, 1.54) is 5.56 Å². The molecule has 3 heterocycles. The van der Waals surface area contributed by atoms with E-state index in [2.05, 4.69) is 20.9 Å². The molecular formula is C16H17N3O2. The van der Waals surface area contributed by atoms with Gasteiger partial charge in [-0.25, -0.2) is 9.97 Å². The fourth-order valence-corrected chi connectivity index (χ4v) is 3.00. The number of aliphatic hydroxyl groups is 1. The number of fused-ring (bicyclic) bond motifs is 1. The second-order valence-corrected chi connectivity index (χ2v) is 5.52. The molecule has 1 atom stereocenters. The molecule has 2 aromatic rings. The van der Waals surface area contributed by atoms with Gasteiger partial charge in [0, 0.05) is 25.7 Å². The highest BCUT2D eigenvalue weighted by atomic mass is 16.5. The largest absolute Gasteiger partial charge is 0.492 e. The zero-order chi connectivity index (χ0) is 14.2. The van der Waals surface area contributed by atoms with Crippen LogP contribution >= 0.6 is 0 Å². The third kappa shape index (κ3) is 2.23. The van der Waals surface area contributed by atoms with Crippen molar-refractivity contribution in [2.75, 3.05) is 24.6 Å². The molecule has 5 heteroatoms. The van der Waals surface area contributed by atoms with Gasteiger partial charge in [0.2, 0.25) is 0 Å². The van der Waals surface area contributed by atoms with E-state index in [1.54, 1.807) is 6.20 Å². The number of β-amino-alcohol motifs (C(OH)–C–C–N with tert-alkyl or cyclic N) is 1. The molecule has 108 valence electrons. The number of hydrogen-bond acceptors (Lipinski definition) is 5. The summed E-state index contributed by atoms with van der Waals surface area (Å²) in [6.07, 6.45) is 3.26. The Morgan fingerprint density at radius 3 is 3.10 bits per heavy atom. The van der Waals surface area contributed by atoms with E-state index in [-0.39, 0.29) is 6.10 Å². The quantitative estimate of drug-likeness (QED) is 0.908. The number of nitrogens with zero attached hydrogens (tertiary/aromatic N) is 3. The number of aromatic nitrogens is 2. The third-order valence-electron chi connectivity index (χ3n) is 4.08. The SMILES string of the molecule is OC1CCN(c2ccnc(-c3cccc4c3OCC4)n2)C1. The summed E-state index contributed by atoms with van der Waals surface area (Å²) >= 11 is 0. The predicted molar refractivity (Wildman–Crippen MR) is 79.5 cm³/mol. The van der Waals surface area contributed by atoms with Crippen molar-refractivity contribution in [2.24, 2.45) is 0 Å². The molecule has 0 bridgehead atoms. The Morgan fingerprint density at radius 2 is 2.24 bits per heavy atom. The molecule has 0 amide bonds. The number of para-hydroxylation sites is 1. The molecular weight excluding hydrogens is 266 g/mol. The van der Waals surface area contributed by atoms with Crippen LogP contribution in [0, 0.1) is 0 Å². The molecule has 2 aliphatic heterocycles. The third-order valence-corrected chi connectivity index (χ3v) is 4.08. The van der Waals surface area contributed by atoms with Crippen molar-refractivity contribution in [1.82, 2.24) is 9.97 Å². The van der Waals surface area contributed by atoms with E-state index >= 15 is 0 Å². The van der Waals surface area contributed by atoms with Gasteiger partial charge in [0.15, 0.2) is 5.82 Å². The van der Waals surface area contributed by atoms with E-state index in [9.17, 15) is 5.11 Å². The van der Waals surface area contributed by atoms with Gasteiger partial charge >= 0.3 is 0 Å². The van der Waals surface area contributed by atoms with Crippen molar-refractivity contribution in [3.63, 3.8) is 0 Å². The lowest BCUT2D eigenvalue weighted by atomic mass is 10.1. The highest BCUT2D eigenvalue weighted by Crippen LogP contribution is 2.35. The second-order valence-electron chi connectivity index (χ2n) is 5.52. The minimum Gasteiger partial charge on any atom is -0.492 e. The Balaban J connectivity index is 1.72. The van der Waals surface area contributed by atoms with Crippen molar-refractivity contribution in [3.8, 4) is 17.1 Å². The average Bonchev–Trinajstić information content (AvgIpc) is 3.15. The maximum absolute atomic E-state index is 9.67. The van der Waals surface area contributed by atoms with Crippen LogP contribution in [0.5, 0.6) is 5.75 Å². The first-order chi connectivity index (χ1) is 10.3. The number of hydrogen-bond donors (Lipinski definition) is 1. The molecule has 1 aromatic heterocycles. The Kier molecular flexibility index (Phi) is 3.00. The molecule has 21 heavy (non-hydrogen) atoms. The van der Waals surface area contributed by atoms with Gasteiger partial charge in [-0.1, -0.05) is 12.1 Å². The standard InChI is InChI=1S/C16H17N3O2/c20-12-5-8-19(10-12)14-4-7-17-16(18-14)13-3-1-2-11-6-9-21-15(11)13/h1-4,7,12,20H,5-6,8-10H2. The highest BCUT2D eigenvalue weighted by molar-refractivity contribution is 5.68. The van der Waals surface area contributed by atoms with Crippen LogP contribution in [0.15, 0.2) is 30.5 Å². The first kappa shape index (κ1) is 12.6. The summed E-state index contributed by atoms with van der Waals surface area (Å²) in [5.41, 5.74) is 2.17. The molecule has 2 aliphatic rings. The van der Waals surface area contributed by atoms with Crippen LogP contribution in [-0.2, 0) is 6.42 Å². The average molecular weight is 283 g/mol. The predicted octanol–water partition coefficient (Wildman–Crippen LogP) is 1.65. The van der Waals surface area contributed by atoms with Crippen molar-refractivity contribution >= 4 is 5.82 Å². The summed E-state index contributed by atoms with van der Waals surface area (Å²) < 4.78 is 5.73. The van der Waals surface area contributed by atoms with Crippen LogP contribution < -0.4 is 9.64 Å². The van der Waals surface area contributed by atoms with Crippen molar-refractivity contribution in [1.29, 1.82) is 0 Å². The fraction of sp³-hybridized carbons (Fsp3) is 0.375. The Morgan fingerprint density at radius 1 is 1.29 bits per heavy atom. The minimum atomic E-state index is -0.257. The zero-order valence-electron chi connectivity index (χ0n) is 11.7. The van der Waals surface area contributed by atoms with Crippen molar-refractivity contribution < 1.29 is 9.84 Å². The lowest BCUT2D eigenvalue weighted by Crippen LogP contribution is -2.22. The van der Waals surface area contributed by atoms with Gasteiger partial charge in [-0.2, -0.15) is 0 Å². The van der Waals surface area contributed by atoms with Gasteiger partial charge in [0.1, 0.15) is 11.6 Å². The lowest BCUT2D eigenvalue weighted by Gasteiger charge is -2.17. The van der Waals surface area contributed by atoms with Crippen LogP contribution in [-0.4, -0.2) is 40.9 Å². The smallest absolute Gasteiger partial charge is 0.165 e. The molecule has 0 aliphatic carbocycles. The Hall–Kier alpha value is -2.14. The molecule has 1 fully saturated rings. The van der Waals surface area contributed by atoms with Gasteiger partial charge < -0.3 is 14.7 Å². The summed E-state index contributed by atoms with van der Waals surface area (Å²) in [4.78, 5) is 11.2. The number of ether oxygens (including phenoxy) is 1. The number of aliphatic hydroxyl groups excluding tert-OH is 1. The van der Waals surface area contributed by atoms with Crippen LogP contribution in [0.4, 0.5) is 5.82 Å². The van der Waals surface area contributed by atoms with E-state index < -0.39 is 0 Å². The fourth-order valence-electron chi connectivity index (χ4n) is 3.00. The lowest BCUT2D eigenvalue weighted by molar-refractivity contribution is 0.198. The van der Waals surface area contributed by atoms with Crippen LogP contribution in [0.1, 0.15) is 12.0 Å². The van der Waals surface area contributed by atoms with Crippen molar-refractivity contribution in [3.05, 3.63) is 36.0 Å². The molecule has 1 saturated heterocycles. The van der Waals surface area contributed by atoms with Crippen molar-refractivity contribution in [2.45, 2.75) is 18.9 Å². The van der Waals surface area contributed by atoms with Gasteiger partial charge in [0.25, 0.3) is 0 Å². The summed E-state index contributed by atoms with van der Waals surface area (Å²) in [6, 6.07) is 8.01. The first-order valence-corrected chi connectivity index (χ1v) is 7.32. The van der Waals surface area contributed by atoms with Crippen LogP contribution in [0.3, 0.4) is 0 Å². The molecule has 0 spiro atoms. The maximum Gasteiger partial charge on any atom is 0.165 e. The van der Waals surface area contributed by atoms with Gasteiger partial charge in [-0.05, 0) is 24.1 Å². The van der Waals surface area contributed by atoms with Crippen LogP contribution in [0.2, 0.25) is 0 Å². The molecule has 1 N–H and O–H groups in total. The summed E-state index contributed by atoms with van der Waals surface area (Å²) in [6.45, 7) is 2.20. The number of rotatable bonds is 2. The van der Waals surface area contributed by atoms with E-state index in [0.29, 0.717) is 12.4 Å². The minimum absolute atomic E-state index is 0.257. The summed E-state index contributed by atoms with van der Waals surface area (Å²) in [5, 5.41) is 9.67. The normalized spacial score (nSPS) is 20.4. The van der Waals surface area contributed by atoms with E-state index in [1.807, 2.05) is 18.2 Å². The highest BCUT2D eigenvalue weighted by Gasteiger charge is 2.23. The summed E-state index contributed by atoms with van der Waals surface area (Å²) in [5.74, 6) is 2.47. The molecule has 0 radical (unpaired) electrons. The Labute approximate surface area is 123 Å². The molecule has 4 rings (SSSR count). The topological polar surface area (TPSA) is 58.5 Å². The molecule has 0 saturated carbocycles. The second kappa shape index (κ2) is 5.00.